The SMILES string of the molecule is Cc1ccc2c(c1)c1ccccc1n2-c1cc(C#N)c(-c2ccncc2)cc1-n1c2ccccc2c2cc(C)ccc21. The average Bonchev–Trinajstić information content (AvgIpc) is 3.53. The lowest BCUT2D eigenvalue weighted by Gasteiger charge is -2.19. The van der Waals surface area contributed by atoms with Gasteiger partial charge in [-0.3, -0.25) is 4.98 Å². The van der Waals surface area contributed by atoms with Crippen molar-refractivity contribution in [2.45, 2.75) is 13.8 Å². The van der Waals surface area contributed by atoms with E-state index in [1.807, 2.05) is 12.1 Å². The topological polar surface area (TPSA) is 46.5 Å². The van der Waals surface area contributed by atoms with Crippen LogP contribution in [0.2, 0.25) is 0 Å². The Morgan fingerprint density at radius 1 is 0.548 bits per heavy atom. The predicted molar refractivity (Wildman–Crippen MR) is 173 cm³/mol. The number of hydrogen-bond donors (Lipinski definition) is 0. The first-order valence-corrected chi connectivity index (χ1v) is 14.1. The first kappa shape index (κ1) is 24.2. The van der Waals surface area contributed by atoms with Crippen molar-refractivity contribution in [1.29, 1.82) is 5.26 Å². The number of nitrogens with zero attached hydrogens (tertiary/aromatic N) is 4. The Hall–Kier alpha value is -5.66. The van der Waals surface area contributed by atoms with Crippen molar-refractivity contribution < 1.29 is 0 Å². The van der Waals surface area contributed by atoms with Crippen LogP contribution in [-0.2, 0) is 0 Å². The summed E-state index contributed by atoms with van der Waals surface area (Å²) in [6.07, 6.45) is 3.56. The van der Waals surface area contributed by atoms with Crippen LogP contribution in [-0.4, -0.2) is 14.1 Å². The van der Waals surface area contributed by atoms with Crippen LogP contribution in [0.5, 0.6) is 0 Å². The molecule has 0 unspecified atom stereocenters. The fraction of sp³-hybridized carbons (Fsp3) is 0.0526. The molecule has 198 valence electrons. The minimum absolute atomic E-state index is 0.620. The first-order valence-electron chi connectivity index (χ1n) is 14.1. The van der Waals surface area contributed by atoms with E-state index in [0.29, 0.717) is 5.56 Å². The zero-order valence-electron chi connectivity index (χ0n) is 23.3. The lowest BCUT2D eigenvalue weighted by Crippen LogP contribution is -2.05. The molecule has 0 saturated carbocycles. The number of fused-ring (bicyclic) bond motifs is 6. The van der Waals surface area contributed by atoms with Crippen molar-refractivity contribution in [3.63, 3.8) is 0 Å². The van der Waals surface area contributed by atoms with Crippen LogP contribution in [0.3, 0.4) is 0 Å². The number of aryl methyl sites for hydroxylation is 2. The van der Waals surface area contributed by atoms with Crippen LogP contribution in [0.15, 0.2) is 122 Å². The van der Waals surface area contributed by atoms with Crippen LogP contribution < -0.4 is 0 Å². The van der Waals surface area contributed by atoms with Crippen LogP contribution in [0.4, 0.5) is 0 Å². The molecule has 0 N–H and O–H groups in total. The molecule has 0 aliphatic rings. The third-order valence-electron chi connectivity index (χ3n) is 8.36. The van der Waals surface area contributed by atoms with E-state index >= 15 is 0 Å². The van der Waals surface area contributed by atoms with Gasteiger partial charge in [-0.2, -0.15) is 5.26 Å². The Kier molecular flexibility index (Phi) is 5.29. The number of para-hydroxylation sites is 2. The third-order valence-corrected chi connectivity index (χ3v) is 8.36. The summed E-state index contributed by atoms with van der Waals surface area (Å²) in [7, 11) is 0. The van der Waals surface area contributed by atoms with E-state index in [2.05, 4.69) is 131 Å². The van der Waals surface area contributed by atoms with E-state index < -0.39 is 0 Å². The van der Waals surface area contributed by atoms with E-state index in [1.165, 1.54) is 32.7 Å². The molecule has 0 aliphatic carbocycles. The molecule has 0 atom stereocenters. The van der Waals surface area contributed by atoms with Crippen molar-refractivity contribution in [2.24, 2.45) is 0 Å². The second-order valence-electron chi connectivity index (χ2n) is 11.0. The van der Waals surface area contributed by atoms with Gasteiger partial charge in [-0.25, -0.2) is 0 Å². The van der Waals surface area contributed by atoms with E-state index in [9.17, 15) is 5.26 Å². The maximum Gasteiger partial charge on any atom is 0.0998 e. The lowest BCUT2D eigenvalue weighted by atomic mass is 9.99. The molecular weight excluding hydrogens is 512 g/mol. The van der Waals surface area contributed by atoms with Gasteiger partial charge in [-0.1, -0.05) is 59.7 Å². The molecular formula is C38H26N4. The average molecular weight is 539 g/mol. The molecule has 8 rings (SSSR count). The molecule has 4 nitrogen and oxygen atoms in total. The minimum atomic E-state index is 0.620. The van der Waals surface area contributed by atoms with Gasteiger partial charge in [0.25, 0.3) is 0 Å². The molecule has 0 saturated heterocycles. The summed E-state index contributed by atoms with van der Waals surface area (Å²) >= 11 is 0. The molecule has 0 fully saturated rings. The fourth-order valence-electron chi connectivity index (χ4n) is 6.49. The maximum atomic E-state index is 10.5. The number of hydrogen-bond acceptors (Lipinski definition) is 2. The Bertz CT molecular complexity index is 2380. The first-order chi connectivity index (χ1) is 20.6. The summed E-state index contributed by atoms with van der Waals surface area (Å²) in [5.74, 6) is 0. The number of benzene rings is 5. The maximum absolute atomic E-state index is 10.5. The van der Waals surface area contributed by atoms with Gasteiger partial charge in [0.2, 0.25) is 0 Å². The van der Waals surface area contributed by atoms with Gasteiger partial charge in [0.05, 0.1) is 45.1 Å². The molecule has 0 aliphatic heterocycles. The van der Waals surface area contributed by atoms with E-state index in [4.69, 9.17) is 0 Å². The van der Waals surface area contributed by atoms with Gasteiger partial charge in [0.1, 0.15) is 0 Å². The Labute approximate surface area is 243 Å². The Morgan fingerprint density at radius 2 is 1.05 bits per heavy atom. The largest absolute Gasteiger partial charge is 0.307 e. The monoisotopic (exact) mass is 538 g/mol. The molecule has 0 spiro atoms. The highest BCUT2D eigenvalue weighted by atomic mass is 15.1. The molecule has 3 aromatic heterocycles. The van der Waals surface area contributed by atoms with E-state index in [-0.39, 0.29) is 0 Å². The number of pyridine rings is 1. The highest BCUT2D eigenvalue weighted by molar-refractivity contribution is 6.12. The summed E-state index contributed by atoms with van der Waals surface area (Å²) in [6, 6.07) is 41.1. The van der Waals surface area contributed by atoms with Gasteiger partial charge in [0, 0.05) is 39.5 Å². The summed E-state index contributed by atoms with van der Waals surface area (Å²) in [5, 5.41) is 15.3. The molecule has 42 heavy (non-hydrogen) atoms. The highest BCUT2D eigenvalue weighted by Gasteiger charge is 2.22. The molecule has 8 aromatic rings. The second-order valence-corrected chi connectivity index (χ2v) is 11.0. The second kappa shape index (κ2) is 9.19. The lowest BCUT2D eigenvalue weighted by molar-refractivity contribution is 1.09. The number of aromatic nitrogens is 3. The van der Waals surface area contributed by atoms with Crippen molar-refractivity contribution in [3.8, 4) is 28.6 Å². The third kappa shape index (κ3) is 3.51. The van der Waals surface area contributed by atoms with Crippen molar-refractivity contribution in [3.05, 3.63) is 138 Å². The number of rotatable bonds is 3. The van der Waals surface area contributed by atoms with Crippen molar-refractivity contribution in [2.75, 3.05) is 0 Å². The van der Waals surface area contributed by atoms with Gasteiger partial charge >= 0.3 is 0 Å². The smallest absolute Gasteiger partial charge is 0.0998 e. The minimum Gasteiger partial charge on any atom is -0.307 e. The van der Waals surface area contributed by atoms with Gasteiger partial charge in [-0.05, 0) is 80.1 Å². The summed E-state index contributed by atoms with van der Waals surface area (Å²) in [4.78, 5) is 4.23. The van der Waals surface area contributed by atoms with Gasteiger partial charge in [-0.15, -0.1) is 0 Å². The molecule has 4 heteroatoms. The van der Waals surface area contributed by atoms with Crippen molar-refractivity contribution >= 4 is 43.6 Å². The zero-order valence-corrected chi connectivity index (χ0v) is 23.3. The summed E-state index contributed by atoms with van der Waals surface area (Å²) < 4.78 is 4.69. The summed E-state index contributed by atoms with van der Waals surface area (Å²) in [5.41, 5.74) is 11.4. The predicted octanol–water partition coefficient (Wildman–Crippen LogP) is 9.43. The normalized spacial score (nSPS) is 11.5. The van der Waals surface area contributed by atoms with Gasteiger partial charge < -0.3 is 9.13 Å². The summed E-state index contributed by atoms with van der Waals surface area (Å²) in [6.45, 7) is 4.27. The molecule has 0 radical (unpaired) electrons. The Morgan fingerprint density at radius 3 is 1.60 bits per heavy atom. The quantitative estimate of drug-likeness (QED) is 0.225. The zero-order chi connectivity index (χ0) is 28.4. The Balaban J connectivity index is 1.59. The molecule has 0 bridgehead atoms. The van der Waals surface area contributed by atoms with Crippen LogP contribution in [0.25, 0.3) is 66.1 Å². The van der Waals surface area contributed by atoms with Crippen LogP contribution in [0.1, 0.15) is 16.7 Å². The van der Waals surface area contributed by atoms with E-state index in [0.717, 1.165) is 44.6 Å². The fourth-order valence-corrected chi connectivity index (χ4v) is 6.49. The highest BCUT2D eigenvalue weighted by Crippen LogP contribution is 2.41. The van der Waals surface area contributed by atoms with Gasteiger partial charge in [0.15, 0.2) is 0 Å². The molecule has 5 aromatic carbocycles. The molecule has 3 heterocycles. The number of nitriles is 1. The van der Waals surface area contributed by atoms with Crippen molar-refractivity contribution in [1.82, 2.24) is 14.1 Å². The van der Waals surface area contributed by atoms with Crippen LogP contribution >= 0.6 is 0 Å². The van der Waals surface area contributed by atoms with Crippen LogP contribution in [0, 0.1) is 25.2 Å². The standard InChI is InChI=1S/C38H26N4/c1-24-11-13-35-31(19-24)28-7-3-5-9-33(28)41(35)37-21-27(23-39)30(26-15-17-40-18-16-26)22-38(37)42-34-10-6-4-8-29(34)32-20-25(2)12-14-36(32)42/h3-22H,1-2H3. The molecule has 0 amide bonds. The van der Waals surface area contributed by atoms with E-state index in [1.54, 1.807) is 12.4 Å².